The molecule has 0 aliphatic carbocycles. The van der Waals surface area contributed by atoms with Crippen molar-refractivity contribution in [1.29, 1.82) is 0 Å². The van der Waals surface area contributed by atoms with Gasteiger partial charge >= 0.3 is 17.7 Å². The summed E-state index contributed by atoms with van der Waals surface area (Å²) in [6.45, 7) is 0.0989. The number of carbonyl (C=O) groups excluding carboxylic acids is 2. The molecule has 12 heavy (non-hydrogen) atoms. The lowest BCUT2D eigenvalue weighted by molar-refractivity contribution is -0.164. The highest BCUT2D eigenvalue weighted by Gasteiger charge is 2.42. The molecule has 0 unspecified atom stereocenters. The van der Waals surface area contributed by atoms with Gasteiger partial charge in [-0.2, -0.15) is 8.78 Å². The van der Waals surface area contributed by atoms with E-state index < -0.39 is 24.2 Å². The third kappa shape index (κ3) is 2.54. The number of ketones is 1. The summed E-state index contributed by atoms with van der Waals surface area (Å²) in [7, 11) is 0. The predicted octanol–water partition coefficient (Wildman–Crippen LogP) is -0.287. The molecule has 0 spiro atoms. The lowest BCUT2D eigenvalue weighted by atomic mass is 10.2. The van der Waals surface area contributed by atoms with Gasteiger partial charge < -0.3 is 10.5 Å². The number of halogens is 2. The summed E-state index contributed by atoms with van der Waals surface area (Å²) in [4.78, 5) is 20.9. The molecule has 0 heterocycles. The second-order valence-electron chi connectivity index (χ2n) is 1.96. The number of carbonyl (C=O) groups is 2. The topological polar surface area (TPSA) is 69.4 Å². The van der Waals surface area contributed by atoms with Crippen molar-refractivity contribution in [3.8, 4) is 0 Å². The van der Waals surface area contributed by atoms with Crippen molar-refractivity contribution in [1.82, 2.24) is 0 Å². The van der Waals surface area contributed by atoms with E-state index in [1.54, 1.807) is 0 Å². The SMILES string of the molecule is CCOC(=O)C(=O)C(F)(F)CN. The van der Waals surface area contributed by atoms with Gasteiger partial charge in [0, 0.05) is 0 Å². The molecule has 0 aromatic rings. The highest BCUT2D eigenvalue weighted by molar-refractivity contribution is 6.36. The van der Waals surface area contributed by atoms with Crippen molar-refractivity contribution in [2.75, 3.05) is 13.2 Å². The van der Waals surface area contributed by atoms with Gasteiger partial charge in [0.05, 0.1) is 13.2 Å². The first-order valence-corrected chi connectivity index (χ1v) is 3.25. The standard InChI is InChI=1S/C6H9F2NO3/c1-2-12-5(11)4(10)6(7,8)3-9/h2-3,9H2,1H3. The summed E-state index contributed by atoms with van der Waals surface area (Å²) < 4.78 is 28.8. The first kappa shape index (κ1) is 11.0. The molecular weight excluding hydrogens is 172 g/mol. The number of ether oxygens (including phenoxy) is 1. The summed E-state index contributed by atoms with van der Waals surface area (Å²) in [5.41, 5.74) is 4.56. The van der Waals surface area contributed by atoms with Gasteiger partial charge in [-0.3, -0.25) is 4.79 Å². The Morgan fingerprint density at radius 2 is 2.00 bits per heavy atom. The van der Waals surface area contributed by atoms with Crippen LogP contribution < -0.4 is 5.73 Å². The minimum atomic E-state index is -3.81. The predicted molar refractivity (Wildman–Crippen MR) is 35.6 cm³/mol. The molecule has 0 atom stereocenters. The van der Waals surface area contributed by atoms with E-state index >= 15 is 0 Å². The Kier molecular flexibility index (Phi) is 3.75. The van der Waals surface area contributed by atoms with Crippen LogP contribution in [0, 0.1) is 0 Å². The minimum Gasteiger partial charge on any atom is -0.460 e. The van der Waals surface area contributed by atoms with Crippen LogP contribution in [0.3, 0.4) is 0 Å². The Bertz CT molecular complexity index is 193. The maximum absolute atomic E-state index is 12.3. The van der Waals surface area contributed by atoms with Crippen LogP contribution >= 0.6 is 0 Å². The van der Waals surface area contributed by atoms with E-state index in [9.17, 15) is 18.4 Å². The minimum absolute atomic E-state index is 0.120. The fraction of sp³-hybridized carbons (Fsp3) is 0.667. The zero-order valence-corrected chi connectivity index (χ0v) is 6.47. The summed E-state index contributed by atoms with van der Waals surface area (Å²) in [5.74, 6) is -7.26. The lowest BCUT2D eigenvalue weighted by Crippen LogP contribution is -2.42. The van der Waals surface area contributed by atoms with Crippen LogP contribution in [0.2, 0.25) is 0 Å². The van der Waals surface area contributed by atoms with Crippen LogP contribution in [0.25, 0.3) is 0 Å². The average molecular weight is 181 g/mol. The molecule has 0 aliphatic rings. The number of rotatable bonds is 4. The molecule has 70 valence electrons. The maximum atomic E-state index is 12.3. The summed E-state index contributed by atoms with van der Waals surface area (Å²) >= 11 is 0. The average Bonchev–Trinajstić information content (AvgIpc) is 2.03. The molecule has 0 saturated heterocycles. The van der Waals surface area contributed by atoms with Crippen LogP contribution in [0.5, 0.6) is 0 Å². The molecule has 4 nitrogen and oxygen atoms in total. The van der Waals surface area contributed by atoms with Crippen molar-refractivity contribution >= 4 is 11.8 Å². The molecule has 0 aromatic carbocycles. The van der Waals surface area contributed by atoms with Gasteiger partial charge in [0.25, 0.3) is 0 Å². The third-order valence-corrected chi connectivity index (χ3v) is 1.05. The number of Topliss-reactive ketones (excluding diaryl/α,β-unsaturated/α-hetero) is 1. The molecule has 6 heteroatoms. The normalized spacial score (nSPS) is 11.0. The Balaban J connectivity index is 4.29. The van der Waals surface area contributed by atoms with Gasteiger partial charge in [-0.1, -0.05) is 0 Å². The van der Waals surface area contributed by atoms with E-state index in [0.29, 0.717) is 0 Å². The first-order valence-electron chi connectivity index (χ1n) is 3.25. The van der Waals surface area contributed by atoms with Crippen LogP contribution in [0.15, 0.2) is 0 Å². The van der Waals surface area contributed by atoms with Crippen molar-refractivity contribution in [2.24, 2.45) is 5.73 Å². The molecule has 0 aliphatic heterocycles. The Morgan fingerprint density at radius 3 is 2.33 bits per heavy atom. The number of nitrogens with two attached hydrogens (primary N) is 1. The maximum Gasteiger partial charge on any atom is 0.381 e. The van der Waals surface area contributed by atoms with E-state index in [-0.39, 0.29) is 6.61 Å². The molecule has 0 fully saturated rings. The van der Waals surface area contributed by atoms with Crippen molar-refractivity contribution in [2.45, 2.75) is 12.8 Å². The van der Waals surface area contributed by atoms with Crippen molar-refractivity contribution < 1.29 is 23.1 Å². The van der Waals surface area contributed by atoms with E-state index in [0.717, 1.165) is 0 Å². The molecule has 0 saturated carbocycles. The second-order valence-corrected chi connectivity index (χ2v) is 1.96. The molecule has 0 radical (unpaired) electrons. The third-order valence-electron chi connectivity index (χ3n) is 1.05. The first-order chi connectivity index (χ1) is 5.45. The monoisotopic (exact) mass is 181 g/mol. The summed E-state index contributed by atoms with van der Waals surface area (Å²) in [6, 6.07) is 0. The Labute approximate surface area is 67.7 Å². The fourth-order valence-corrected chi connectivity index (χ4v) is 0.439. The highest BCUT2D eigenvalue weighted by atomic mass is 19.3. The van der Waals surface area contributed by atoms with Gasteiger partial charge in [0.2, 0.25) is 0 Å². The highest BCUT2D eigenvalue weighted by Crippen LogP contribution is 2.12. The molecule has 0 aromatic heterocycles. The second kappa shape index (κ2) is 4.10. The quantitative estimate of drug-likeness (QED) is 0.478. The van der Waals surface area contributed by atoms with Crippen LogP contribution in [-0.2, 0) is 14.3 Å². The van der Waals surface area contributed by atoms with E-state index in [1.807, 2.05) is 0 Å². The van der Waals surface area contributed by atoms with Crippen LogP contribution in [-0.4, -0.2) is 30.8 Å². The van der Waals surface area contributed by atoms with Gasteiger partial charge in [0.1, 0.15) is 0 Å². The number of alkyl halides is 2. The molecule has 0 amide bonds. The fourth-order valence-electron chi connectivity index (χ4n) is 0.439. The Morgan fingerprint density at radius 1 is 1.50 bits per heavy atom. The zero-order chi connectivity index (χ0) is 9.78. The van der Waals surface area contributed by atoms with Crippen LogP contribution in [0.1, 0.15) is 6.92 Å². The molecular formula is C6H9F2NO3. The van der Waals surface area contributed by atoms with Gasteiger partial charge in [-0.05, 0) is 6.92 Å². The van der Waals surface area contributed by atoms with Gasteiger partial charge in [0.15, 0.2) is 0 Å². The summed E-state index contributed by atoms with van der Waals surface area (Å²) in [5, 5.41) is 0. The van der Waals surface area contributed by atoms with Crippen LogP contribution in [0.4, 0.5) is 8.78 Å². The van der Waals surface area contributed by atoms with Crippen molar-refractivity contribution in [3.05, 3.63) is 0 Å². The smallest absolute Gasteiger partial charge is 0.381 e. The molecule has 2 N–H and O–H groups in total. The zero-order valence-electron chi connectivity index (χ0n) is 6.47. The summed E-state index contributed by atoms with van der Waals surface area (Å²) in [6.07, 6.45) is 0. The largest absolute Gasteiger partial charge is 0.460 e. The Hall–Kier alpha value is -1.04. The lowest BCUT2D eigenvalue weighted by Gasteiger charge is -2.10. The van der Waals surface area contributed by atoms with Gasteiger partial charge in [-0.25, -0.2) is 4.79 Å². The van der Waals surface area contributed by atoms with E-state index in [4.69, 9.17) is 0 Å². The van der Waals surface area contributed by atoms with Crippen molar-refractivity contribution in [3.63, 3.8) is 0 Å². The number of hydrogen-bond acceptors (Lipinski definition) is 4. The number of hydrogen-bond donors (Lipinski definition) is 1. The van der Waals surface area contributed by atoms with E-state index in [2.05, 4.69) is 10.5 Å². The molecule has 0 bridgehead atoms. The van der Waals surface area contributed by atoms with E-state index in [1.165, 1.54) is 6.92 Å². The number of esters is 1. The van der Waals surface area contributed by atoms with Gasteiger partial charge in [-0.15, -0.1) is 0 Å². The molecule has 0 rings (SSSR count).